The van der Waals surface area contributed by atoms with Crippen molar-refractivity contribution < 1.29 is 29.0 Å². The zero-order chi connectivity index (χ0) is 29.3. The van der Waals surface area contributed by atoms with Gasteiger partial charge >= 0.3 is 18.2 Å². The summed E-state index contributed by atoms with van der Waals surface area (Å²) in [5.74, 6) is -1.29. The molecule has 1 N–H and O–H groups in total. The highest BCUT2D eigenvalue weighted by Crippen LogP contribution is 2.44. The number of fused-ring (bicyclic) bond motifs is 3. The first-order chi connectivity index (χ1) is 19.5. The van der Waals surface area contributed by atoms with E-state index in [1.165, 1.54) is 9.58 Å². The minimum absolute atomic E-state index is 0.0149. The molecule has 41 heavy (non-hydrogen) atoms. The van der Waals surface area contributed by atoms with E-state index in [4.69, 9.17) is 9.47 Å². The molecule has 1 atom stereocenters. The van der Waals surface area contributed by atoms with Crippen molar-refractivity contribution in [1.29, 1.82) is 0 Å². The molecule has 216 valence electrons. The van der Waals surface area contributed by atoms with Crippen LogP contribution in [0.2, 0.25) is 0 Å². The SMILES string of the molecule is Cn1cc(CN(C(=O)OCC2c3ccccc3-c3ccccc32)C2CCCN(C(=O)OC(C)(C)C)C2)c(C(=O)O)n1. The Kier molecular flexibility index (Phi) is 7.75. The summed E-state index contributed by atoms with van der Waals surface area (Å²) < 4.78 is 13.0. The van der Waals surface area contributed by atoms with Crippen molar-refractivity contribution in [3.63, 3.8) is 0 Å². The molecule has 10 heteroatoms. The van der Waals surface area contributed by atoms with E-state index in [1.54, 1.807) is 18.1 Å². The molecular weight excluding hydrogens is 524 g/mol. The van der Waals surface area contributed by atoms with Crippen molar-refractivity contribution >= 4 is 18.2 Å². The summed E-state index contributed by atoms with van der Waals surface area (Å²) in [6, 6.07) is 15.8. The van der Waals surface area contributed by atoms with Crippen LogP contribution in [0.4, 0.5) is 9.59 Å². The van der Waals surface area contributed by atoms with Crippen LogP contribution in [-0.4, -0.2) is 74.2 Å². The highest BCUT2D eigenvalue weighted by atomic mass is 16.6. The number of carboxylic acids is 1. The number of aromatic nitrogens is 2. The Bertz CT molecular complexity index is 1410. The molecule has 1 aliphatic heterocycles. The summed E-state index contributed by atoms with van der Waals surface area (Å²) in [7, 11) is 1.64. The minimum Gasteiger partial charge on any atom is -0.476 e. The van der Waals surface area contributed by atoms with Crippen LogP contribution in [0.5, 0.6) is 0 Å². The molecule has 2 heterocycles. The fourth-order valence-electron chi connectivity index (χ4n) is 5.74. The normalized spacial score (nSPS) is 16.6. The lowest BCUT2D eigenvalue weighted by molar-refractivity contribution is 0.00797. The van der Waals surface area contributed by atoms with E-state index in [2.05, 4.69) is 29.4 Å². The highest BCUT2D eigenvalue weighted by Gasteiger charge is 2.36. The predicted molar refractivity (Wildman–Crippen MR) is 152 cm³/mol. The molecule has 1 fully saturated rings. The lowest BCUT2D eigenvalue weighted by Gasteiger charge is -2.39. The van der Waals surface area contributed by atoms with E-state index in [1.807, 2.05) is 45.0 Å². The maximum Gasteiger partial charge on any atom is 0.410 e. The number of amides is 2. The van der Waals surface area contributed by atoms with Crippen molar-refractivity contribution in [2.45, 2.75) is 57.7 Å². The van der Waals surface area contributed by atoms with Gasteiger partial charge in [-0.3, -0.25) is 9.58 Å². The van der Waals surface area contributed by atoms with Gasteiger partial charge in [0.15, 0.2) is 5.69 Å². The van der Waals surface area contributed by atoms with Gasteiger partial charge in [-0.1, -0.05) is 48.5 Å². The second kappa shape index (κ2) is 11.3. The van der Waals surface area contributed by atoms with Crippen LogP contribution < -0.4 is 0 Å². The third-order valence-corrected chi connectivity index (χ3v) is 7.51. The number of likely N-dealkylation sites (tertiary alicyclic amines) is 1. The van der Waals surface area contributed by atoms with Gasteiger partial charge < -0.3 is 19.5 Å². The Hall–Kier alpha value is -4.34. The van der Waals surface area contributed by atoms with Crippen molar-refractivity contribution in [3.8, 4) is 11.1 Å². The minimum atomic E-state index is -1.17. The van der Waals surface area contributed by atoms with E-state index >= 15 is 0 Å². The molecule has 0 saturated carbocycles. The number of piperidine rings is 1. The summed E-state index contributed by atoms with van der Waals surface area (Å²) in [5, 5.41) is 13.8. The van der Waals surface area contributed by atoms with Crippen LogP contribution >= 0.6 is 0 Å². The zero-order valence-electron chi connectivity index (χ0n) is 23.9. The number of carbonyl (C=O) groups excluding carboxylic acids is 2. The van der Waals surface area contributed by atoms with E-state index in [-0.39, 0.29) is 31.3 Å². The lowest BCUT2D eigenvalue weighted by Crippen LogP contribution is -2.52. The Labute approximate surface area is 239 Å². The number of aryl methyl sites for hydroxylation is 1. The molecule has 1 saturated heterocycles. The Morgan fingerprint density at radius 3 is 2.29 bits per heavy atom. The predicted octanol–water partition coefficient (Wildman–Crippen LogP) is 5.27. The molecule has 0 radical (unpaired) electrons. The van der Waals surface area contributed by atoms with Gasteiger partial charge in [0.2, 0.25) is 0 Å². The molecule has 2 aliphatic rings. The summed E-state index contributed by atoms with van der Waals surface area (Å²) >= 11 is 0. The summed E-state index contributed by atoms with van der Waals surface area (Å²) in [6.45, 7) is 6.31. The molecule has 0 bridgehead atoms. The largest absolute Gasteiger partial charge is 0.476 e. The Morgan fingerprint density at radius 1 is 1.05 bits per heavy atom. The summed E-state index contributed by atoms with van der Waals surface area (Å²) in [6.07, 6.45) is 1.88. The first kappa shape index (κ1) is 28.2. The van der Waals surface area contributed by atoms with E-state index in [0.717, 1.165) is 22.3 Å². The van der Waals surface area contributed by atoms with Crippen LogP contribution in [0.3, 0.4) is 0 Å². The van der Waals surface area contributed by atoms with E-state index in [9.17, 15) is 19.5 Å². The van der Waals surface area contributed by atoms with Crippen molar-refractivity contribution in [2.24, 2.45) is 7.05 Å². The van der Waals surface area contributed by atoms with Gasteiger partial charge in [-0.05, 0) is 55.9 Å². The van der Waals surface area contributed by atoms with Crippen LogP contribution in [0.1, 0.15) is 66.7 Å². The quantitative estimate of drug-likeness (QED) is 0.437. The summed E-state index contributed by atoms with van der Waals surface area (Å²) in [5.41, 5.74) is 4.07. The second-order valence-electron chi connectivity index (χ2n) is 11.6. The van der Waals surface area contributed by atoms with Gasteiger partial charge in [0.25, 0.3) is 0 Å². The van der Waals surface area contributed by atoms with Gasteiger partial charge in [-0.15, -0.1) is 0 Å². The molecular formula is C31H36N4O6. The Morgan fingerprint density at radius 2 is 1.68 bits per heavy atom. The van der Waals surface area contributed by atoms with Crippen molar-refractivity contribution in [3.05, 3.63) is 77.1 Å². The molecule has 0 spiro atoms. The second-order valence-corrected chi connectivity index (χ2v) is 11.6. The van der Waals surface area contributed by atoms with Crippen molar-refractivity contribution in [1.82, 2.24) is 19.6 Å². The molecule has 1 aromatic heterocycles. The summed E-state index contributed by atoms with van der Waals surface area (Å²) in [4.78, 5) is 41.7. The number of aromatic carboxylic acids is 1. The maximum absolute atomic E-state index is 13.8. The smallest absolute Gasteiger partial charge is 0.410 e. The fraction of sp³-hybridized carbons (Fsp3) is 0.419. The number of hydrogen-bond donors (Lipinski definition) is 1. The third kappa shape index (κ3) is 6.06. The molecule has 10 nitrogen and oxygen atoms in total. The van der Waals surface area contributed by atoms with Gasteiger partial charge in [0.1, 0.15) is 12.2 Å². The van der Waals surface area contributed by atoms with Gasteiger partial charge in [0, 0.05) is 37.8 Å². The number of ether oxygens (including phenoxy) is 2. The third-order valence-electron chi connectivity index (χ3n) is 7.51. The van der Waals surface area contributed by atoms with Crippen LogP contribution in [-0.2, 0) is 23.1 Å². The lowest BCUT2D eigenvalue weighted by atomic mass is 9.98. The van der Waals surface area contributed by atoms with Crippen LogP contribution in [0.15, 0.2) is 54.7 Å². The van der Waals surface area contributed by atoms with Crippen LogP contribution in [0, 0.1) is 0 Å². The number of nitrogens with zero attached hydrogens (tertiary/aromatic N) is 4. The van der Waals surface area contributed by atoms with E-state index in [0.29, 0.717) is 24.9 Å². The first-order valence-corrected chi connectivity index (χ1v) is 13.9. The van der Waals surface area contributed by atoms with Crippen LogP contribution in [0.25, 0.3) is 11.1 Å². The van der Waals surface area contributed by atoms with Gasteiger partial charge in [0.05, 0.1) is 12.6 Å². The van der Waals surface area contributed by atoms with Gasteiger partial charge in [-0.2, -0.15) is 5.10 Å². The van der Waals surface area contributed by atoms with Crippen molar-refractivity contribution in [2.75, 3.05) is 19.7 Å². The number of carboxylic acid groups (broad SMARTS) is 1. The Balaban J connectivity index is 1.39. The highest BCUT2D eigenvalue weighted by molar-refractivity contribution is 5.87. The number of benzene rings is 2. The molecule has 2 aromatic carbocycles. The maximum atomic E-state index is 13.8. The molecule has 3 aromatic rings. The topological polar surface area (TPSA) is 114 Å². The fourth-order valence-corrected chi connectivity index (χ4v) is 5.74. The molecule has 1 aliphatic carbocycles. The monoisotopic (exact) mass is 560 g/mol. The number of rotatable bonds is 6. The van der Waals surface area contributed by atoms with E-state index < -0.39 is 29.8 Å². The zero-order valence-corrected chi connectivity index (χ0v) is 23.9. The molecule has 1 unspecified atom stereocenters. The standard InChI is InChI=1S/C31H36N4O6/c1-31(2,3)41-29(38)34-15-9-10-21(18-34)35(17-20-16-33(4)32-27(20)28(36)37)30(39)40-19-26-24-13-7-5-11-22(24)23-12-6-8-14-25(23)26/h5-8,11-14,16,21,26H,9-10,15,17-19H2,1-4H3,(H,36,37). The van der Waals surface area contributed by atoms with Gasteiger partial charge in [-0.25, -0.2) is 14.4 Å². The molecule has 5 rings (SSSR count). The number of carbonyl (C=O) groups is 3. The average molecular weight is 561 g/mol. The number of hydrogen-bond acceptors (Lipinski definition) is 6. The first-order valence-electron chi connectivity index (χ1n) is 13.9. The average Bonchev–Trinajstić information content (AvgIpc) is 3.47. The molecule has 2 amide bonds.